The molecule has 212 valence electrons. The third-order valence-corrected chi connectivity index (χ3v) is 7.33. The van der Waals surface area contributed by atoms with Gasteiger partial charge in [0.1, 0.15) is 6.04 Å². The van der Waals surface area contributed by atoms with Crippen molar-refractivity contribution in [3.63, 3.8) is 0 Å². The standard InChI is InChI=1S/C29H37N7O4/c1-29(2,3)25(36-16-23(27(31)39)33-34-36)17-35-15-21(37)14-24(35)28(40)32-22(26(30)38)13-18-9-11-20(12-10-18)19-7-5-4-6-8-19/h4-12,16,21-22,24-25,37H,13-15,17H2,1-3H3,(H2,30,38)(H2,31,39)(H,32,40). The van der Waals surface area contributed by atoms with Gasteiger partial charge in [-0.25, -0.2) is 4.68 Å². The van der Waals surface area contributed by atoms with E-state index in [0.717, 1.165) is 16.7 Å². The Morgan fingerprint density at radius 1 is 1.05 bits per heavy atom. The monoisotopic (exact) mass is 547 g/mol. The lowest BCUT2D eigenvalue weighted by Gasteiger charge is -2.35. The fraction of sp³-hybridized carbons (Fsp3) is 0.414. The molecule has 11 heteroatoms. The Bertz CT molecular complexity index is 1330. The van der Waals surface area contributed by atoms with Crippen molar-refractivity contribution in [2.45, 2.75) is 57.8 Å². The van der Waals surface area contributed by atoms with Gasteiger partial charge in [-0.15, -0.1) is 5.10 Å². The molecule has 1 fully saturated rings. The molecule has 2 heterocycles. The highest BCUT2D eigenvalue weighted by molar-refractivity contribution is 5.90. The van der Waals surface area contributed by atoms with Crippen molar-refractivity contribution >= 4 is 17.7 Å². The molecule has 0 saturated carbocycles. The topological polar surface area (TPSA) is 169 Å². The third-order valence-electron chi connectivity index (χ3n) is 7.33. The van der Waals surface area contributed by atoms with E-state index in [-0.39, 0.29) is 42.4 Å². The normalized spacial score (nSPS) is 19.2. The van der Waals surface area contributed by atoms with Crippen LogP contribution in [-0.4, -0.2) is 74.0 Å². The number of hydrogen-bond donors (Lipinski definition) is 4. The van der Waals surface area contributed by atoms with Crippen LogP contribution in [0.25, 0.3) is 11.1 Å². The Morgan fingerprint density at radius 3 is 2.27 bits per heavy atom. The van der Waals surface area contributed by atoms with Gasteiger partial charge in [0, 0.05) is 19.5 Å². The molecule has 40 heavy (non-hydrogen) atoms. The molecular formula is C29H37N7O4. The lowest BCUT2D eigenvalue weighted by Crippen LogP contribution is -2.53. The number of hydrogen-bond acceptors (Lipinski definition) is 7. The summed E-state index contributed by atoms with van der Waals surface area (Å²) in [6, 6.07) is 15.8. The van der Waals surface area contributed by atoms with Crippen molar-refractivity contribution in [2.24, 2.45) is 16.9 Å². The van der Waals surface area contributed by atoms with Crippen LogP contribution < -0.4 is 16.8 Å². The summed E-state index contributed by atoms with van der Waals surface area (Å²) in [7, 11) is 0. The molecule has 1 aliphatic heterocycles. The van der Waals surface area contributed by atoms with Gasteiger partial charge in [0.25, 0.3) is 5.91 Å². The van der Waals surface area contributed by atoms with Gasteiger partial charge in [0.05, 0.1) is 24.4 Å². The maximum atomic E-state index is 13.4. The van der Waals surface area contributed by atoms with Gasteiger partial charge in [0.15, 0.2) is 5.69 Å². The minimum atomic E-state index is -0.915. The van der Waals surface area contributed by atoms with Crippen LogP contribution in [0.3, 0.4) is 0 Å². The molecule has 11 nitrogen and oxygen atoms in total. The summed E-state index contributed by atoms with van der Waals surface area (Å²) in [6.07, 6.45) is 1.23. The highest BCUT2D eigenvalue weighted by atomic mass is 16.3. The fourth-order valence-electron chi connectivity index (χ4n) is 5.06. The Morgan fingerprint density at radius 2 is 1.70 bits per heavy atom. The highest BCUT2D eigenvalue weighted by Crippen LogP contribution is 2.33. The van der Waals surface area contributed by atoms with Crippen LogP contribution in [0, 0.1) is 5.41 Å². The minimum Gasteiger partial charge on any atom is -0.392 e. The molecule has 6 N–H and O–H groups in total. The second-order valence-electron chi connectivity index (χ2n) is 11.4. The number of β-amino-alcohol motifs (C(OH)–C–C–N with tert-alkyl or cyclic N) is 1. The molecule has 2 aromatic carbocycles. The van der Waals surface area contributed by atoms with Crippen LogP contribution in [0.1, 0.15) is 49.3 Å². The molecule has 0 bridgehead atoms. The lowest BCUT2D eigenvalue weighted by atomic mass is 9.86. The highest BCUT2D eigenvalue weighted by Gasteiger charge is 2.40. The van der Waals surface area contributed by atoms with E-state index in [1.54, 1.807) is 4.68 Å². The molecule has 3 amide bonds. The van der Waals surface area contributed by atoms with Crippen LogP contribution in [0.5, 0.6) is 0 Å². The number of nitrogens with zero attached hydrogens (tertiary/aromatic N) is 4. The summed E-state index contributed by atoms with van der Waals surface area (Å²) in [4.78, 5) is 39.2. The second kappa shape index (κ2) is 12.0. The number of nitrogens with one attached hydrogen (secondary N) is 1. The van der Waals surface area contributed by atoms with Crippen LogP contribution in [0.2, 0.25) is 0 Å². The second-order valence-corrected chi connectivity index (χ2v) is 11.4. The van der Waals surface area contributed by atoms with Crippen LogP contribution >= 0.6 is 0 Å². The van der Waals surface area contributed by atoms with Gasteiger partial charge in [0.2, 0.25) is 11.8 Å². The Labute approximate surface area is 233 Å². The molecule has 4 unspecified atom stereocenters. The van der Waals surface area contributed by atoms with E-state index < -0.39 is 30.0 Å². The van der Waals surface area contributed by atoms with Gasteiger partial charge in [-0.1, -0.05) is 80.6 Å². The molecule has 1 saturated heterocycles. The Kier molecular flexibility index (Phi) is 8.65. The summed E-state index contributed by atoms with van der Waals surface area (Å²) in [5, 5.41) is 21.2. The molecule has 3 aromatic rings. The zero-order valence-corrected chi connectivity index (χ0v) is 23.0. The van der Waals surface area contributed by atoms with E-state index in [9.17, 15) is 19.5 Å². The maximum absolute atomic E-state index is 13.4. The summed E-state index contributed by atoms with van der Waals surface area (Å²) >= 11 is 0. The number of nitrogens with two attached hydrogens (primary N) is 2. The first-order valence-corrected chi connectivity index (χ1v) is 13.3. The number of benzene rings is 2. The molecule has 4 rings (SSSR count). The van der Waals surface area contributed by atoms with E-state index >= 15 is 0 Å². The predicted molar refractivity (Wildman–Crippen MR) is 150 cm³/mol. The fourth-order valence-corrected chi connectivity index (χ4v) is 5.06. The number of primary amides is 2. The average molecular weight is 548 g/mol. The molecule has 0 radical (unpaired) electrons. The van der Waals surface area contributed by atoms with E-state index in [1.807, 2.05) is 80.3 Å². The molecule has 1 aliphatic rings. The van der Waals surface area contributed by atoms with Gasteiger partial charge >= 0.3 is 0 Å². The number of amides is 3. The van der Waals surface area contributed by atoms with Crippen molar-refractivity contribution < 1.29 is 19.5 Å². The smallest absolute Gasteiger partial charge is 0.270 e. The summed E-state index contributed by atoms with van der Waals surface area (Å²) in [5.74, 6) is -1.70. The number of aliphatic hydroxyl groups excluding tert-OH is 1. The SMILES string of the molecule is CC(C)(C)C(CN1CC(O)CC1C(=O)NC(Cc1ccc(-c2ccccc2)cc1)C(N)=O)n1cc(C(N)=O)nn1. The number of rotatable bonds is 10. The zero-order chi connectivity index (χ0) is 29.0. The first kappa shape index (κ1) is 28.9. The molecule has 1 aromatic heterocycles. The summed E-state index contributed by atoms with van der Waals surface area (Å²) in [6.45, 7) is 6.65. The number of carbonyl (C=O) groups is 3. The first-order valence-electron chi connectivity index (χ1n) is 13.3. The summed E-state index contributed by atoms with van der Waals surface area (Å²) < 4.78 is 1.57. The van der Waals surface area contributed by atoms with E-state index in [0.29, 0.717) is 6.54 Å². The first-order chi connectivity index (χ1) is 18.9. The van der Waals surface area contributed by atoms with E-state index in [4.69, 9.17) is 11.5 Å². The molecule has 0 aliphatic carbocycles. The molecular weight excluding hydrogens is 510 g/mol. The Hall–Kier alpha value is -4.09. The van der Waals surface area contributed by atoms with Crippen molar-refractivity contribution in [3.8, 4) is 11.1 Å². The van der Waals surface area contributed by atoms with Gasteiger partial charge < -0.3 is 21.9 Å². The Balaban J connectivity index is 1.46. The van der Waals surface area contributed by atoms with Gasteiger partial charge in [-0.05, 0) is 28.5 Å². The van der Waals surface area contributed by atoms with Crippen molar-refractivity contribution in [1.29, 1.82) is 0 Å². The molecule has 0 spiro atoms. The number of carbonyl (C=O) groups excluding carboxylic acids is 3. The molecule has 4 atom stereocenters. The van der Waals surface area contributed by atoms with Crippen LogP contribution in [-0.2, 0) is 16.0 Å². The predicted octanol–water partition coefficient (Wildman–Crippen LogP) is 1.28. The van der Waals surface area contributed by atoms with Crippen LogP contribution in [0.15, 0.2) is 60.8 Å². The van der Waals surface area contributed by atoms with Gasteiger partial charge in [-0.2, -0.15) is 0 Å². The lowest BCUT2D eigenvalue weighted by molar-refractivity contribution is -0.130. The van der Waals surface area contributed by atoms with Crippen molar-refractivity contribution in [3.05, 3.63) is 72.1 Å². The zero-order valence-electron chi connectivity index (χ0n) is 23.0. The largest absolute Gasteiger partial charge is 0.392 e. The number of aromatic nitrogens is 3. The van der Waals surface area contributed by atoms with E-state index in [1.165, 1.54) is 6.20 Å². The van der Waals surface area contributed by atoms with Gasteiger partial charge in [-0.3, -0.25) is 19.3 Å². The van der Waals surface area contributed by atoms with E-state index in [2.05, 4.69) is 15.6 Å². The van der Waals surface area contributed by atoms with Crippen LogP contribution in [0.4, 0.5) is 0 Å². The summed E-state index contributed by atoms with van der Waals surface area (Å²) in [5.41, 5.74) is 13.7. The van der Waals surface area contributed by atoms with Crippen molar-refractivity contribution in [2.75, 3.05) is 13.1 Å². The maximum Gasteiger partial charge on any atom is 0.270 e. The average Bonchev–Trinajstić information content (AvgIpc) is 3.54. The quantitative estimate of drug-likeness (QED) is 0.296. The number of likely N-dealkylation sites (tertiary alicyclic amines) is 1. The third kappa shape index (κ3) is 6.91. The number of aliphatic hydroxyl groups is 1. The minimum absolute atomic E-state index is 0.0473. The van der Waals surface area contributed by atoms with Crippen molar-refractivity contribution in [1.82, 2.24) is 25.2 Å².